The molecule has 4 heteroatoms. The number of hydrogen-bond acceptors (Lipinski definition) is 4. The zero-order valence-corrected chi connectivity index (χ0v) is 11.5. The molecule has 0 fully saturated rings. The third-order valence-corrected chi connectivity index (χ3v) is 2.58. The summed E-state index contributed by atoms with van der Waals surface area (Å²) < 4.78 is 5.47. The molecule has 0 spiro atoms. The largest absolute Gasteiger partial charge is 0.489 e. The van der Waals surface area contributed by atoms with Gasteiger partial charge in [0.05, 0.1) is 12.6 Å². The van der Waals surface area contributed by atoms with E-state index in [1.54, 1.807) is 31.2 Å². The molecule has 2 N–H and O–H groups in total. The quantitative estimate of drug-likeness (QED) is 0.554. The molecule has 1 aromatic carbocycles. The lowest BCUT2D eigenvalue weighted by atomic mass is 10.1. The van der Waals surface area contributed by atoms with Crippen molar-refractivity contribution in [2.75, 3.05) is 19.8 Å². The van der Waals surface area contributed by atoms with Crippen molar-refractivity contribution in [1.29, 1.82) is 0 Å². The molecule has 1 atom stereocenters. The van der Waals surface area contributed by atoms with Gasteiger partial charge in [-0.1, -0.05) is 6.58 Å². The van der Waals surface area contributed by atoms with Gasteiger partial charge in [0.25, 0.3) is 0 Å². The number of benzene rings is 1. The van der Waals surface area contributed by atoms with Crippen molar-refractivity contribution in [3.8, 4) is 5.75 Å². The Labute approximate surface area is 114 Å². The summed E-state index contributed by atoms with van der Waals surface area (Å²) in [4.78, 5) is 12.0. The van der Waals surface area contributed by atoms with E-state index in [0.29, 0.717) is 18.7 Å². The summed E-state index contributed by atoms with van der Waals surface area (Å²) in [5, 5.41) is 11.7. The van der Waals surface area contributed by atoms with E-state index in [9.17, 15) is 4.79 Å². The fourth-order valence-electron chi connectivity index (χ4n) is 1.55. The van der Waals surface area contributed by atoms with E-state index in [-0.39, 0.29) is 18.4 Å². The van der Waals surface area contributed by atoms with Crippen LogP contribution in [-0.4, -0.2) is 36.7 Å². The molecule has 0 radical (unpaired) electrons. The molecule has 0 aromatic heterocycles. The van der Waals surface area contributed by atoms with Gasteiger partial charge in [0, 0.05) is 12.1 Å². The van der Waals surface area contributed by atoms with Crippen LogP contribution >= 0.6 is 0 Å². The molecule has 0 amide bonds. The first-order valence-corrected chi connectivity index (χ1v) is 6.30. The van der Waals surface area contributed by atoms with Crippen LogP contribution in [0.1, 0.15) is 24.2 Å². The van der Waals surface area contributed by atoms with E-state index in [2.05, 4.69) is 11.9 Å². The van der Waals surface area contributed by atoms with Gasteiger partial charge in [-0.05, 0) is 43.7 Å². The molecule has 0 aliphatic rings. The molecular weight excluding hydrogens is 242 g/mol. The number of nitrogens with one attached hydrogen (secondary N) is 1. The summed E-state index contributed by atoms with van der Waals surface area (Å²) in [5.41, 5.74) is 1.57. The average Bonchev–Trinajstić information content (AvgIpc) is 2.42. The van der Waals surface area contributed by atoms with Gasteiger partial charge in [-0.2, -0.15) is 0 Å². The first-order chi connectivity index (χ1) is 9.04. The smallest absolute Gasteiger partial charge is 0.179 e. The Morgan fingerprint density at radius 1 is 1.42 bits per heavy atom. The van der Waals surface area contributed by atoms with Gasteiger partial charge in [0.1, 0.15) is 12.4 Å². The van der Waals surface area contributed by atoms with Gasteiger partial charge in [-0.25, -0.2) is 0 Å². The minimum Gasteiger partial charge on any atom is -0.489 e. The predicted molar refractivity (Wildman–Crippen MR) is 75.6 cm³/mol. The van der Waals surface area contributed by atoms with Gasteiger partial charge >= 0.3 is 0 Å². The second kappa shape index (κ2) is 7.71. The number of ketones is 1. The number of carbonyl (C=O) groups is 1. The number of ether oxygens (including phenoxy) is 1. The van der Waals surface area contributed by atoms with Crippen LogP contribution < -0.4 is 10.1 Å². The van der Waals surface area contributed by atoms with Crippen LogP contribution in [0.2, 0.25) is 0 Å². The van der Waals surface area contributed by atoms with Crippen molar-refractivity contribution in [1.82, 2.24) is 5.32 Å². The fourth-order valence-corrected chi connectivity index (χ4v) is 1.55. The molecule has 4 nitrogen and oxygen atoms in total. The third kappa shape index (κ3) is 5.24. The molecule has 0 saturated heterocycles. The van der Waals surface area contributed by atoms with E-state index < -0.39 is 0 Å². The molecule has 0 bridgehead atoms. The second-order valence-corrected chi connectivity index (χ2v) is 4.53. The predicted octanol–water partition coefficient (Wildman–Crippen LogP) is 1.79. The molecule has 0 aliphatic carbocycles. The number of hydrogen-bond donors (Lipinski definition) is 2. The minimum absolute atomic E-state index is 0.0000914. The SMILES string of the molecule is C=C(C)COc1ccc(C(=O)C(C)NCCO)cc1. The Kier molecular flexibility index (Phi) is 6.25. The van der Waals surface area contributed by atoms with Crippen LogP contribution in [0, 0.1) is 0 Å². The van der Waals surface area contributed by atoms with Crippen LogP contribution in [0.25, 0.3) is 0 Å². The highest BCUT2D eigenvalue weighted by molar-refractivity contribution is 5.99. The highest BCUT2D eigenvalue weighted by Crippen LogP contribution is 2.14. The van der Waals surface area contributed by atoms with Crippen LogP contribution in [-0.2, 0) is 0 Å². The van der Waals surface area contributed by atoms with Gasteiger partial charge in [-0.15, -0.1) is 0 Å². The number of carbonyl (C=O) groups excluding carboxylic acids is 1. The molecule has 0 aliphatic heterocycles. The standard InChI is InChI=1S/C15H21NO3/c1-11(2)10-19-14-6-4-13(5-7-14)15(18)12(3)16-8-9-17/h4-7,12,16-17H,1,8-10H2,2-3H3. The Morgan fingerprint density at radius 3 is 2.58 bits per heavy atom. The van der Waals surface area contributed by atoms with Gasteiger partial charge in [0.2, 0.25) is 0 Å². The van der Waals surface area contributed by atoms with Crippen molar-refractivity contribution < 1.29 is 14.6 Å². The zero-order chi connectivity index (χ0) is 14.3. The molecule has 1 aromatic rings. The number of aliphatic hydroxyl groups excluding tert-OH is 1. The maximum absolute atomic E-state index is 12.0. The molecule has 104 valence electrons. The summed E-state index contributed by atoms with van der Waals surface area (Å²) in [5.74, 6) is 0.718. The molecular formula is C15H21NO3. The Hall–Kier alpha value is -1.65. The second-order valence-electron chi connectivity index (χ2n) is 4.53. The van der Waals surface area contributed by atoms with Crippen LogP contribution in [0.5, 0.6) is 5.75 Å². The summed E-state index contributed by atoms with van der Waals surface area (Å²) in [6.07, 6.45) is 0. The molecule has 0 saturated carbocycles. The Morgan fingerprint density at radius 2 is 2.05 bits per heavy atom. The average molecular weight is 263 g/mol. The van der Waals surface area contributed by atoms with Gasteiger partial charge in [0.15, 0.2) is 5.78 Å². The summed E-state index contributed by atoms with van der Waals surface area (Å²) in [6, 6.07) is 6.72. The van der Waals surface area contributed by atoms with Gasteiger partial charge in [-0.3, -0.25) is 4.79 Å². The number of aliphatic hydroxyl groups is 1. The highest BCUT2D eigenvalue weighted by Gasteiger charge is 2.14. The van der Waals surface area contributed by atoms with Crippen molar-refractivity contribution in [2.45, 2.75) is 19.9 Å². The molecule has 1 unspecified atom stereocenters. The van der Waals surface area contributed by atoms with E-state index >= 15 is 0 Å². The van der Waals surface area contributed by atoms with Crippen LogP contribution in [0.3, 0.4) is 0 Å². The van der Waals surface area contributed by atoms with Crippen LogP contribution in [0.4, 0.5) is 0 Å². The van der Waals surface area contributed by atoms with Gasteiger partial charge < -0.3 is 15.2 Å². The summed E-state index contributed by atoms with van der Waals surface area (Å²) >= 11 is 0. The summed E-state index contributed by atoms with van der Waals surface area (Å²) in [6.45, 7) is 8.34. The Bertz CT molecular complexity index is 426. The lowest BCUT2D eigenvalue weighted by Crippen LogP contribution is -2.35. The normalized spacial score (nSPS) is 11.9. The van der Waals surface area contributed by atoms with E-state index in [4.69, 9.17) is 9.84 Å². The van der Waals surface area contributed by atoms with Crippen molar-refractivity contribution in [3.05, 3.63) is 42.0 Å². The zero-order valence-electron chi connectivity index (χ0n) is 11.5. The monoisotopic (exact) mass is 263 g/mol. The first kappa shape index (κ1) is 15.4. The number of rotatable bonds is 8. The van der Waals surface area contributed by atoms with Crippen molar-refractivity contribution in [3.63, 3.8) is 0 Å². The lowest BCUT2D eigenvalue weighted by Gasteiger charge is -2.12. The van der Waals surface area contributed by atoms with Crippen molar-refractivity contribution >= 4 is 5.78 Å². The fraction of sp³-hybridized carbons (Fsp3) is 0.400. The van der Waals surface area contributed by atoms with Crippen LogP contribution in [0.15, 0.2) is 36.4 Å². The maximum atomic E-state index is 12.0. The highest BCUT2D eigenvalue weighted by atomic mass is 16.5. The van der Waals surface area contributed by atoms with E-state index in [1.165, 1.54) is 0 Å². The maximum Gasteiger partial charge on any atom is 0.179 e. The van der Waals surface area contributed by atoms with Crippen molar-refractivity contribution in [2.24, 2.45) is 0 Å². The number of Topliss-reactive ketones (excluding diaryl/α,β-unsaturated/α-hetero) is 1. The van der Waals surface area contributed by atoms with E-state index in [0.717, 1.165) is 11.3 Å². The molecule has 0 heterocycles. The topological polar surface area (TPSA) is 58.6 Å². The van der Waals surface area contributed by atoms with E-state index in [1.807, 2.05) is 6.92 Å². The summed E-state index contributed by atoms with van der Waals surface area (Å²) in [7, 11) is 0. The first-order valence-electron chi connectivity index (χ1n) is 6.30. The minimum atomic E-state index is -0.311. The lowest BCUT2D eigenvalue weighted by molar-refractivity contribution is 0.0948. The molecule has 19 heavy (non-hydrogen) atoms. The third-order valence-electron chi connectivity index (χ3n) is 2.58. The molecule has 1 rings (SSSR count). The Balaban J connectivity index is 2.59.